The van der Waals surface area contributed by atoms with Crippen LogP contribution in [0.1, 0.15) is 24.0 Å². The molecule has 2 aromatic rings. The molecule has 0 saturated heterocycles. The summed E-state index contributed by atoms with van der Waals surface area (Å²) < 4.78 is 5.25. The van der Waals surface area contributed by atoms with Crippen molar-refractivity contribution in [2.75, 3.05) is 17.7 Å². The lowest BCUT2D eigenvalue weighted by Crippen LogP contribution is -2.32. The van der Waals surface area contributed by atoms with Gasteiger partial charge in [0.25, 0.3) is 0 Å². The van der Waals surface area contributed by atoms with E-state index in [1.807, 2.05) is 43.3 Å². The third-order valence-electron chi connectivity index (χ3n) is 4.49. The minimum atomic E-state index is -0.359. The molecule has 6 nitrogen and oxygen atoms in total. The summed E-state index contributed by atoms with van der Waals surface area (Å²) in [5.74, 6) is 0.490. The second kappa shape index (κ2) is 9.34. The lowest BCUT2D eigenvalue weighted by Gasteiger charge is -2.12. The van der Waals surface area contributed by atoms with E-state index in [9.17, 15) is 9.59 Å². The number of hydrogen-bond donors (Lipinski definition) is 3. The van der Waals surface area contributed by atoms with E-state index >= 15 is 0 Å². The molecule has 3 rings (SSSR count). The number of amides is 2. The van der Waals surface area contributed by atoms with Crippen molar-refractivity contribution in [1.29, 1.82) is 0 Å². The normalized spacial score (nSPS) is 13.0. The summed E-state index contributed by atoms with van der Waals surface area (Å²) in [5.41, 5.74) is 3.16. The first-order valence-corrected chi connectivity index (χ1v) is 9.71. The van der Waals surface area contributed by atoms with Crippen LogP contribution in [0.4, 0.5) is 11.4 Å². The number of para-hydroxylation sites is 1. The number of thiocarbonyl (C=S) groups is 1. The van der Waals surface area contributed by atoms with Crippen LogP contribution in [0.2, 0.25) is 0 Å². The Hall–Kier alpha value is -3.19. The smallest absolute Gasteiger partial charge is 0.250 e. The van der Waals surface area contributed by atoms with Gasteiger partial charge in [-0.2, -0.15) is 0 Å². The zero-order chi connectivity index (χ0) is 20.8. The summed E-state index contributed by atoms with van der Waals surface area (Å²) in [6.07, 6.45) is 4.94. The van der Waals surface area contributed by atoms with Crippen molar-refractivity contribution in [2.24, 2.45) is 5.92 Å². The molecule has 0 bridgehead atoms. The van der Waals surface area contributed by atoms with Gasteiger partial charge in [0.05, 0.1) is 7.11 Å². The molecule has 0 aliphatic heterocycles. The number of anilines is 2. The van der Waals surface area contributed by atoms with Crippen molar-refractivity contribution in [3.63, 3.8) is 0 Å². The summed E-state index contributed by atoms with van der Waals surface area (Å²) >= 11 is 5.22. The second-order valence-electron chi connectivity index (χ2n) is 6.81. The van der Waals surface area contributed by atoms with E-state index < -0.39 is 0 Å². The molecule has 1 saturated carbocycles. The van der Waals surface area contributed by atoms with Gasteiger partial charge in [-0.1, -0.05) is 24.3 Å². The molecule has 3 N–H and O–H groups in total. The Bertz CT molecular complexity index is 968. The minimum Gasteiger partial charge on any atom is -0.496 e. The molecular formula is C22H23N3O3S. The van der Waals surface area contributed by atoms with Gasteiger partial charge in [-0.3, -0.25) is 14.9 Å². The maximum Gasteiger partial charge on any atom is 0.250 e. The van der Waals surface area contributed by atoms with Gasteiger partial charge >= 0.3 is 0 Å². The first-order valence-electron chi connectivity index (χ1n) is 9.31. The Morgan fingerprint density at radius 3 is 2.62 bits per heavy atom. The lowest BCUT2D eigenvalue weighted by molar-refractivity contribution is -0.117. The first-order chi connectivity index (χ1) is 14.0. The van der Waals surface area contributed by atoms with Crippen LogP contribution in [-0.4, -0.2) is 24.0 Å². The largest absolute Gasteiger partial charge is 0.496 e. The molecule has 150 valence electrons. The molecule has 0 heterocycles. The maximum atomic E-state index is 12.1. The fourth-order valence-electron chi connectivity index (χ4n) is 2.70. The number of benzene rings is 2. The van der Waals surface area contributed by atoms with E-state index in [4.69, 9.17) is 17.0 Å². The first kappa shape index (κ1) is 20.5. The van der Waals surface area contributed by atoms with Crippen LogP contribution >= 0.6 is 12.2 Å². The highest BCUT2D eigenvalue weighted by atomic mass is 32.1. The number of hydrogen-bond acceptors (Lipinski definition) is 4. The Labute approximate surface area is 175 Å². The quantitative estimate of drug-likeness (QED) is 0.498. The van der Waals surface area contributed by atoms with Crippen LogP contribution in [-0.2, 0) is 9.59 Å². The highest BCUT2D eigenvalue weighted by Crippen LogP contribution is 2.31. The Kier molecular flexibility index (Phi) is 6.61. The predicted octanol–water partition coefficient (Wildman–Crippen LogP) is 3.88. The molecule has 0 aromatic heterocycles. The second-order valence-corrected chi connectivity index (χ2v) is 7.22. The van der Waals surface area contributed by atoms with E-state index in [1.54, 1.807) is 19.3 Å². The zero-order valence-corrected chi connectivity index (χ0v) is 17.1. The van der Waals surface area contributed by atoms with E-state index in [-0.39, 0.29) is 22.8 Å². The van der Waals surface area contributed by atoms with Gasteiger partial charge in [-0.15, -0.1) is 0 Å². The zero-order valence-electron chi connectivity index (χ0n) is 16.3. The van der Waals surface area contributed by atoms with Gasteiger partial charge in [0.2, 0.25) is 11.8 Å². The fraction of sp³-hybridized carbons (Fsp3) is 0.227. The van der Waals surface area contributed by atoms with Crippen LogP contribution in [0.25, 0.3) is 6.08 Å². The van der Waals surface area contributed by atoms with Gasteiger partial charge in [0, 0.05) is 28.9 Å². The maximum absolute atomic E-state index is 12.1. The van der Waals surface area contributed by atoms with Crippen LogP contribution in [0.15, 0.2) is 48.5 Å². The van der Waals surface area contributed by atoms with Gasteiger partial charge < -0.3 is 15.4 Å². The summed E-state index contributed by atoms with van der Waals surface area (Å²) in [6, 6.07) is 12.9. The topological polar surface area (TPSA) is 79.5 Å². The highest BCUT2D eigenvalue weighted by Gasteiger charge is 2.29. The summed E-state index contributed by atoms with van der Waals surface area (Å²) in [6.45, 7) is 1.93. The number of carbonyl (C=O) groups excluding carboxylic acids is 2. The standard InChI is InChI=1S/C22H23N3O3S/c1-14-7-11-17(13-18(14)24-21(27)16-8-9-16)23-22(29)25-20(26)12-10-15-5-3-4-6-19(15)28-2/h3-7,10-13,16H,8-9H2,1-2H3,(H,24,27)(H2,23,25,26,29)/b12-10+. The molecule has 0 unspecified atom stereocenters. The molecule has 29 heavy (non-hydrogen) atoms. The van der Waals surface area contributed by atoms with Gasteiger partial charge in [-0.05, 0) is 61.8 Å². The number of methoxy groups -OCH3 is 1. The van der Waals surface area contributed by atoms with Gasteiger partial charge in [0.1, 0.15) is 5.75 Å². The molecule has 2 aromatic carbocycles. The average molecular weight is 410 g/mol. The molecule has 1 aliphatic rings. The van der Waals surface area contributed by atoms with Crippen LogP contribution in [0, 0.1) is 12.8 Å². The molecule has 7 heteroatoms. The summed E-state index contributed by atoms with van der Waals surface area (Å²) in [4.78, 5) is 24.2. The molecule has 0 atom stereocenters. The Morgan fingerprint density at radius 2 is 1.90 bits per heavy atom. The lowest BCUT2D eigenvalue weighted by atomic mass is 10.1. The van der Waals surface area contributed by atoms with Crippen molar-refractivity contribution < 1.29 is 14.3 Å². The van der Waals surface area contributed by atoms with Crippen molar-refractivity contribution in [1.82, 2.24) is 5.32 Å². The van der Waals surface area contributed by atoms with Crippen molar-refractivity contribution in [3.05, 3.63) is 59.7 Å². The van der Waals surface area contributed by atoms with E-state index in [0.29, 0.717) is 11.4 Å². The summed E-state index contributed by atoms with van der Waals surface area (Å²) in [5, 5.41) is 8.69. The SMILES string of the molecule is COc1ccccc1/C=C/C(=O)NC(=S)Nc1ccc(C)c(NC(=O)C2CC2)c1. The van der Waals surface area contributed by atoms with Crippen LogP contribution in [0.5, 0.6) is 5.75 Å². The minimum absolute atomic E-state index is 0.0441. The van der Waals surface area contributed by atoms with E-state index in [2.05, 4.69) is 16.0 Å². The van der Waals surface area contributed by atoms with Gasteiger partial charge in [0.15, 0.2) is 5.11 Å². The average Bonchev–Trinajstić information content (AvgIpc) is 3.54. The molecule has 1 aliphatic carbocycles. The van der Waals surface area contributed by atoms with Crippen molar-refractivity contribution >= 4 is 46.6 Å². The molecular weight excluding hydrogens is 386 g/mol. The molecule has 1 fully saturated rings. The van der Waals surface area contributed by atoms with E-state index in [0.717, 1.165) is 29.7 Å². The summed E-state index contributed by atoms with van der Waals surface area (Å²) in [7, 11) is 1.58. The number of carbonyl (C=O) groups is 2. The molecule has 2 amide bonds. The molecule has 0 spiro atoms. The number of ether oxygens (including phenoxy) is 1. The third-order valence-corrected chi connectivity index (χ3v) is 4.70. The van der Waals surface area contributed by atoms with Crippen molar-refractivity contribution in [3.8, 4) is 5.75 Å². The monoisotopic (exact) mass is 409 g/mol. The van der Waals surface area contributed by atoms with Crippen LogP contribution < -0.4 is 20.7 Å². The van der Waals surface area contributed by atoms with E-state index in [1.165, 1.54) is 6.08 Å². The van der Waals surface area contributed by atoms with Crippen LogP contribution in [0.3, 0.4) is 0 Å². The number of aryl methyl sites for hydroxylation is 1. The number of nitrogens with one attached hydrogen (secondary N) is 3. The third kappa shape index (κ3) is 5.89. The Balaban J connectivity index is 1.57. The number of rotatable bonds is 6. The predicted molar refractivity (Wildman–Crippen MR) is 119 cm³/mol. The van der Waals surface area contributed by atoms with Crippen molar-refractivity contribution in [2.45, 2.75) is 19.8 Å². The highest BCUT2D eigenvalue weighted by molar-refractivity contribution is 7.80. The molecule has 0 radical (unpaired) electrons. The van der Waals surface area contributed by atoms with Gasteiger partial charge in [-0.25, -0.2) is 0 Å². The fourth-order valence-corrected chi connectivity index (χ4v) is 2.92. The Morgan fingerprint density at radius 1 is 1.14 bits per heavy atom.